The van der Waals surface area contributed by atoms with E-state index in [0.29, 0.717) is 15.9 Å². The second-order valence-electron chi connectivity index (χ2n) is 3.83. The monoisotopic (exact) mass is 297 g/mol. The fourth-order valence-electron chi connectivity index (χ4n) is 1.40. The zero-order valence-corrected chi connectivity index (χ0v) is 12.0. The van der Waals surface area contributed by atoms with Gasteiger partial charge in [-0.05, 0) is 35.0 Å². The lowest BCUT2D eigenvalue weighted by atomic mass is 10.2. The van der Waals surface area contributed by atoms with E-state index >= 15 is 0 Å². The third kappa shape index (κ3) is 3.45. The van der Waals surface area contributed by atoms with E-state index in [1.54, 1.807) is 19.2 Å². The van der Waals surface area contributed by atoms with E-state index < -0.39 is 0 Å². The molecule has 0 atom stereocenters. The van der Waals surface area contributed by atoms with E-state index in [1.807, 2.05) is 13.0 Å². The van der Waals surface area contributed by atoms with Gasteiger partial charge in [-0.1, -0.05) is 29.4 Å². The molecular weight excluding hydrogens is 286 g/mol. The summed E-state index contributed by atoms with van der Waals surface area (Å²) in [6.07, 6.45) is 0. The van der Waals surface area contributed by atoms with Crippen molar-refractivity contribution >= 4 is 35.0 Å². The lowest BCUT2D eigenvalue weighted by Crippen LogP contribution is -2.15. The van der Waals surface area contributed by atoms with Crippen molar-refractivity contribution in [2.75, 3.05) is 11.1 Å². The molecule has 0 radical (unpaired) electrons. The van der Waals surface area contributed by atoms with Gasteiger partial charge in [0.25, 0.3) is 0 Å². The highest BCUT2D eigenvalue weighted by molar-refractivity contribution is 7.99. The van der Waals surface area contributed by atoms with Crippen LogP contribution in [0.1, 0.15) is 5.56 Å². The average molecular weight is 298 g/mol. The summed E-state index contributed by atoms with van der Waals surface area (Å²) in [5.41, 5.74) is 1.57. The molecule has 6 nitrogen and oxygen atoms in total. The maximum atomic E-state index is 11.8. The van der Waals surface area contributed by atoms with Gasteiger partial charge in [-0.15, -0.1) is 5.10 Å². The van der Waals surface area contributed by atoms with Crippen molar-refractivity contribution < 1.29 is 4.79 Å². The number of tetrazole rings is 1. The second kappa shape index (κ2) is 6.03. The Bertz CT molecular complexity index is 601. The third-order valence-corrected chi connectivity index (χ3v) is 3.88. The van der Waals surface area contributed by atoms with Crippen molar-refractivity contribution in [2.45, 2.75) is 12.1 Å². The van der Waals surface area contributed by atoms with E-state index in [0.717, 1.165) is 5.56 Å². The normalized spacial score (nSPS) is 10.5. The maximum absolute atomic E-state index is 11.8. The maximum Gasteiger partial charge on any atom is 0.234 e. The number of benzene rings is 1. The van der Waals surface area contributed by atoms with Gasteiger partial charge in [-0.2, -0.15) is 0 Å². The molecule has 1 aromatic heterocycles. The number of nitrogens with one attached hydrogen (secondary N) is 1. The highest BCUT2D eigenvalue weighted by Gasteiger charge is 2.09. The SMILES string of the molecule is Cc1c(Cl)cccc1NC(=O)CSc1nnnn1C. The fraction of sp³-hybridized carbons (Fsp3) is 0.273. The van der Waals surface area contributed by atoms with Gasteiger partial charge in [0.1, 0.15) is 0 Å². The van der Waals surface area contributed by atoms with Crippen LogP contribution in [-0.2, 0) is 11.8 Å². The molecule has 19 heavy (non-hydrogen) atoms. The van der Waals surface area contributed by atoms with Crippen molar-refractivity contribution in [3.63, 3.8) is 0 Å². The predicted octanol–water partition coefficient (Wildman–Crippen LogP) is 1.90. The molecule has 100 valence electrons. The Balaban J connectivity index is 1.95. The molecule has 0 unspecified atom stereocenters. The molecule has 8 heteroatoms. The molecule has 0 bridgehead atoms. The van der Waals surface area contributed by atoms with E-state index in [2.05, 4.69) is 20.8 Å². The highest BCUT2D eigenvalue weighted by Crippen LogP contribution is 2.23. The van der Waals surface area contributed by atoms with Crippen molar-refractivity contribution in [1.82, 2.24) is 20.2 Å². The quantitative estimate of drug-likeness (QED) is 0.873. The van der Waals surface area contributed by atoms with Crippen molar-refractivity contribution in [1.29, 1.82) is 0 Å². The summed E-state index contributed by atoms with van der Waals surface area (Å²) >= 11 is 7.26. The number of halogens is 1. The Morgan fingerprint density at radius 2 is 2.32 bits per heavy atom. The molecule has 0 aliphatic carbocycles. The van der Waals surface area contributed by atoms with Gasteiger partial charge < -0.3 is 5.32 Å². The fourth-order valence-corrected chi connectivity index (χ4v) is 2.23. The summed E-state index contributed by atoms with van der Waals surface area (Å²) in [5, 5.41) is 15.0. The van der Waals surface area contributed by atoms with Crippen LogP contribution in [0.5, 0.6) is 0 Å². The third-order valence-electron chi connectivity index (χ3n) is 2.46. The van der Waals surface area contributed by atoms with Gasteiger partial charge in [-0.3, -0.25) is 4.79 Å². The van der Waals surface area contributed by atoms with Crippen LogP contribution >= 0.6 is 23.4 Å². The molecule has 0 fully saturated rings. The first-order chi connectivity index (χ1) is 9.08. The zero-order valence-electron chi connectivity index (χ0n) is 10.4. The number of hydrogen-bond acceptors (Lipinski definition) is 5. The Morgan fingerprint density at radius 1 is 1.53 bits per heavy atom. The number of aromatic nitrogens is 4. The number of amides is 1. The molecule has 0 spiro atoms. The van der Waals surface area contributed by atoms with Crippen molar-refractivity contribution in [2.24, 2.45) is 7.05 Å². The van der Waals surface area contributed by atoms with Crippen molar-refractivity contribution in [3.8, 4) is 0 Å². The topological polar surface area (TPSA) is 72.7 Å². The molecule has 0 saturated carbocycles. The standard InChI is InChI=1S/C11H12ClN5OS/c1-7-8(12)4-3-5-9(7)13-10(18)6-19-11-14-15-16-17(11)2/h3-5H,6H2,1-2H3,(H,13,18). The van der Waals surface area contributed by atoms with Crippen LogP contribution in [-0.4, -0.2) is 31.9 Å². The van der Waals surface area contributed by atoms with Crippen LogP contribution in [0.3, 0.4) is 0 Å². The van der Waals surface area contributed by atoms with Crippen molar-refractivity contribution in [3.05, 3.63) is 28.8 Å². The van der Waals surface area contributed by atoms with E-state index in [-0.39, 0.29) is 11.7 Å². The summed E-state index contributed by atoms with van der Waals surface area (Å²) in [6.45, 7) is 1.86. The van der Waals surface area contributed by atoms with Gasteiger partial charge in [0.2, 0.25) is 11.1 Å². The summed E-state index contributed by atoms with van der Waals surface area (Å²) in [7, 11) is 1.72. The minimum absolute atomic E-state index is 0.127. The molecule has 0 saturated heterocycles. The van der Waals surface area contributed by atoms with Crippen LogP contribution in [0.4, 0.5) is 5.69 Å². The van der Waals surface area contributed by atoms with Crippen LogP contribution in [0.2, 0.25) is 5.02 Å². The average Bonchev–Trinajstić information content (AvgIpc) is 2.78. The van der Waals surface area contributed by atoms with Gasteiger partial charge in [-0.25, -0.2) is 4.68 Å². The molecule has 1 heterocycles. The predicted molar refractivity (Wildman–Crippen MR) is 74.3 cm³/mol. The Kier molecular flexibility index (Phi) is 4.39. The van der Waals surface area contributed by atoms with Gasteiger partial charge in [0, 0.05) is 17.8 Å². The Labute approximate surface area is 119 Å². The highest BCUT2D eigenvalue weighted by atomic mass is 35.5. The number of carbonyl (C=O) groups excluding carboxylic acids is 1. The second-order valence-corrected chi connectivity index (χ2v) is 5.18. The first kappa shape index (κ1) is 13.8. The molecule has 1 aromatic carbocycles. The first-order valence-electron chi connectivity index (χ1n) is 5.48. The van der Waals surface area contributed by atoms with Crippen LogP contribution in [0, 0.1) is 6.92 Å². The molecule has 0 aliphatic heterocycles. The number of anilines is 1. The summed E-state index contributed by atoms with van der Waals surface area (Å²) in [6, 6.07) is 5.39. The van der Waals surface area contributed by atoms with Crippen LogP contribution in [0.15, 0.2) is 23.4 Å². The molecule has 0 aliphatic rings. The summed E-state index contributed by atoms with van der Waals surface area (Å²) in [4.78, 5) is 11.8. The molecule has 2 aromatic rings. The van der Waals surface area contributed by atoms with E-state index in [4.69, 9.17) is 11.6 Å². The Morgan fingerprint density at radius 3 is 3.00 bits per heavy atom. The molecule has 2 rings (SSSR count). The van der Waals surface area contributed by atoms with Gasteiger partial charge in [0.15, 0.2) is 0 Å². The minimum Gasteiger partial charge on any atom is -0.325 e. The number of aryl methyl sites for hydroxylation is 1. The molecular formula is C11H12ClN5OS. The number of thioether (sulfide) groups is 1. The molecule has 1 amide bonds. The van der Waals surface area contributed by atoms with Crippen LogP contribution in [0.25, 0.3) is 0 Å². The van der Waals surface area contributed by atoms with Crippen LogP contribution < -0.4 is 5.32 Å². The van der Waals surface area contributed by atoms with Gasteiger partial charge >= 0.3 is 0 Å². The smallest absolute Gasteiger partial charge is 0.234 e. The van der Waals surface area contributed by atoms with E-state index in [9.17, 15) is 4.79 Å². The summed E-state index contributed by atoms with van der Waals surface area (Å²) in [5.74, 6) is 0.110. The minimum atomic E-state index is -0.127. The number of rotatable bonds is 4. The number of hydrogen-bond donors (Lipinski definition) is 1. The first-order valence-corrected chi connectivity index (χ1v) is 6.84. The largest absolute Gasteiger partial charge is 0.325 e. The van der Waals surface area contributed by atoms with Gasteiger partial charge in [0.05, 0.1) is 5.75 Å². The number of nitrogens with zero attached hydrogens (tertiary/aromatic N) is 4. The zero-order chi connectivity index (χ0) is 13.8. The van der Waals surface area contributed by atoms with E-state index in [1.165, 1.54) is 16.4 Å². The lowest BCUT2D eigenvalue weighted by Gasteiger charge is -2.08. The summed E-state index contributed by atoms with van der Waals surface area (Å²) < 4.78 is 1.52. The Hall–Kier alpha value is -1.60. The molecule has 1 N–H and O–H groups in total. The number of carbonyl (C=O) groups is 1. The lowest BCUT2D eigenvalue weighted by molar-refractivity contribution is -0.113.